The lowest BCUT2D eigenvalue weighted by Gasteiger charge is -2.02. The van der Waals surface area contributed by atoms with Crippen molar-refractivity contribution in [1.29, 1.82) is 0 Å². The predicted octanol–water partition coefficient (Wildman–Crippen LogP) is 4.21. The standard InChI is InChI=1S/C13H12ClNS/c14-11-3-1-10(2-4-11)9-16-13-7-5-12(15)6-8-13/h1-8H,9,15H2. The van der Waals surface area contributed by atoms with Crippen LogP contribution in [0.4, 0.5) is 5.69 Å². The lowest BCUT2D eigenvalue weighted by molar-refractivity contribution is 1.38. The number of anilines is 1. The van der Waals surface area contributed by atoms with Gasteiger partial charge in [-0.2, -0.15) is 0 Å². The Hall–Kier alpha value is -1.12. The molecule has 0 bridgehead atoms. The normalized spacial score (nSPS) is 10.3. The minimum atomic E-state index is 0.779. The highest BCUT2D eigenvalue weighted by molar-refractivity contribution is 7.98. The van der Waals surface area contributed by atoms with Crippen LogP contribution in [0.5, 0.6) is 0 Å². The topological polar surface area (TPSA) is 26.0 Å². The highest BCUT2D eigenvalue weighted by Gasteiger charge is 1.96. The molecule has 2 aromatic carbocycles. The zero-order valence-corrected chi connectivity index (χ0v) is 10.3. The van der Waals surface area contributed by atoms with Gasteiger partial charge in [0, 0.05) is 21.4 Å². The van der Waals surface area contributed by atoms with Gasteiger partial charge in [-0.15, -0.1) is 11.8 Å². The van der Waals surface area contributed by atoms with E-state index in [1.807, 2.05) is 48.5 Å². The molecule has 2 N–H and O–H groups in total. The number of hydrogen-bond donors (Lipinski definition) is 1. The molecule has 0 aliphatic rings. The van der Waals surface area contributed by atoms with Crippen molar-refractivity contribution in [3.05, 3.63) is 59.1 Å². The van der Waals surface area contributed by atoms with Crippen molar-refractivity contribution in [2.24, 2.45) is 0 Å². The quantitative estimate of drug-likeness (QED) is 0.651. The van der Waals surface area contributed by atoms with Crippen LogP contribution in [-0.2, 0) is 5.75 Å². The summed E-state index contributed by atoms with van der Waals surface area (Å²) in [5, 5.41) is 0.779. The maximum absolute atomic E-state index is 5.83. The molecule has 0 unspecified atom stereocenters. The van der Waals surface area contributed by atoms with E-state index in [4.69, 9.17) is 17.3 Å². The van der Waals surface area contributed by atoms with E-state index in [2.05, 4.69) is 0 Å². The first kappa shape index (κ1) is 11.4. The second-order valence-corrected chi connectivity index (χ2v) is 4.97. The van der Waals surface area contributed by atoms with E-state index in [0.29, 0.717) is 0 Å². The molecule has 0 spiro atoms. The lowest BCUT2D eigenvalue weighted by atomic mass is 10.2. The van der Waals surface area contributed by atoms with Gasteiger partial charge in [0.15, 0.2) is 0 Å². The smallest absolute Gasteiger partial charge is 0.0406 e. The van der Waals surface area contributed by atoms with Crippen molar-refractivity contribution in [2.45, 2.75) is 10.6 Å². The summed E-state index contributed by atoms with van der Waals surface area (Å²) >= 11 is 7.61. The molecule has 2 aromatic rings. The van der Waals surface area contributed by atoms with Gasteiger partial charge in [-0.05, 0) is 42.0 Å². The van der Waals surface area contributed by atoms with Gasteiger partial charge in [0.1, 0.15) is 0 Å². The highest BCUT2D eigenvalue weighted by Crippen LogP contribution is 2.24. The van der Waals surface area contributed by atoms with Crippen LogP contribution in [0, 0.1) is 0 Å². The molecule has 1 nitrogen and oxygen atoms in total. The van der Waals surface area contributed by atoms with Crippen molar-refractivity contribution in [3.8, 4) is 0 Å². The Labute approximate surface area is 105 Å². The fraction of sp³-hybridized carbons (Fsp3) is 0.0769. The largest absolute Gasteiger partial charge is 0.399 e. The van der Waals surface area contributed by atoms with Crippen LogP contribution >= 0.6 is 23.4 Å². The van der Waals surface area contributed by atoms with Crippen LogP contribution in [0.3, 0.4) is 0 Å². The molecule has 3 heteroatoms. The first-order valence-corrected chi connectivity index (χ1v) is 6.33. The molecule has 0 heterocycles. The van der Waals surface area contributed by atoms with Gasteiger partial charge in [0.25, 0.3) is 0 Å². The zero-order chi connectivity index (χ0) is 11.4. The van der Waals surface area contributed by atoms with Crippen molar-refractivity contribution in [3.63, 3.8) is 0 Å². The summed E-state index contributed by atoms with van der Waals surface area (Å²) in [5.74, 6) is 0.946. The van der Waals surface area contributed by atoms with Crippen LogP contribution in [0.2, 0.25) is 5.02 Å². The van der Waals surface area contributed by atoms with E-state index < -0.39 is 0 Å². The number of thioether (sulfide) groups is 1. The van der Waals surface area contributed by atoms with E-state index in [1.54, 1.807) is 11.8 Å². The zero-order valence-electron chi connectivity index (χ0n) is 8.69. The van der Waals surface area contributed by atoms with Crippen LogP contribution in [0.1, 0.15) is 5.56 Å². The lowest BCUT2D eigenvalue weighted by Crippen LogP contribution is -1.83. The molecule has 0 aromatic heterocycles. The average Bonchev–Trinajstić information content (AvgIpc) is 2.30. The third-order valence-electron chi connectivity index (χ3n) is 2.20. The summed E-state index contributed by atoms with van der Waals surface area (Å²) in [6, 6.07) is 15.8. The number of rotatable bonds is 3. The highest BCUT2D eigenvalue weighted by atomic mass is 35.5. The van der Waals surface area contributed by atoms with E-state index in [0.717, 1.165) is 16.5 Å². The second kappa shape index (κ2) is 5.28. The van der Waals surface area contributed by atoms with E-state index >= 15 is 0 Å². The molecular formula is C13H12ClNS. The fourth-order valence-corrected chi connectivity index (χ4v) is 2.29. The van der Waals surface area contributed by atoms with E-state index in [-0.39, 0.29) is 0 Å². The molecule has 2 rings (SSSR count). The van der Waals surface area contributed by atoms with Gasteiger partial charge < -0.3 is 5.73 Å². The molecule has 0 aliphatic heterocycles. The Balaban J connectivity index is 1.97. The number of nitrogen functional groups attached to an aromatic ring is 1. The van der Waals surface area contributed by atoms with Crippen molar-refractivity contribution in [1.82, 2.24) is 0 Å². The number of hydrogen-bond acceptors (Lipinski definition) is 2. The molecule has 0 amide bonds. The number of halogens is 1. The van der Waals surface area contributed by atoms with E-state index in [9.17, 15) is 0 Å². The molecule has 0 saturated heterocycles. The maximum Gasteiger partial charge on any atom is 0.0406 e. The fourth-order valence-electron chi connectivity index (χ4n) is 1.31. The number of benzene rings is 2. The predicted molar refractivity (Wildman–Crippen MR) is 71.9 cm³/mol. The van der Waals surface area contributed by atoms with E-state index in [1.165, 1.54) is 10.5 Å². The van der Waals surface area contributed by atoms with Gasteiger partial charge in [0.05, 0.1) is 0 Å². The Morgan fingerprint density at radius 3 is 2.19 bits per heavy atom. The van der Waals surface area contributed by atoms with Gasteiger partial charge in [-0.3, -0.25) is 0 Å². The van der Waals surface area contributed by atoms with Crippen molar-refractivity contribution >= 4 is 29.1 Å². The van der Waals surface area contributed by atoms with Gasteiger partial charge in [-0.1, -0.05) is 23.7 Å². The van der Waals surface area contributed by atoms with Gasteiger partial charge in [-0.25, -0.2) is 0 Å². The SMILES string of the molecule is Nc1ccc(SCc2ccc(Cl)cc2)cc1. The Bertz CT molecular complexity index is 405. The van der Waals surface area contributed by atoms with Crippen LogP contribution in [-0.4, -0.2) is 0 Å². The molecule has 0 saturated carbocycles. The summed E-state index contributed by atoms with van der Waals surface area (Å²) in [4.78, 5) is 1.23. The maximum atomic E-state index is 5.83. The average molecular weight is 250 g/mol. The van der Waals surface area contributed by atoms with Crippen LogP contribution in [0.15, 0.2) is 53.4 Å². The third-order valence-corrected chi connectivity index (χ3v) is 3.53. The molecule has 0 radical (unpaired) electrons. The summed E-state index contributed by atoms with van der Waals surface area (Å²) in [5.41, 5.74) is 7.70. The Morgan fingerprint density at radius 1 is 0.938 bits per heavy atom. The Kier molecular flexibility index (Phi) is 3.75. The first-order chi connectivity index (χ1) is 7.74. The molecular weight excluding hydrogens is 238 g/mol. The minimum absolute atomic E-state index is 0.779. The summed E-state index contributed by atoms with van der Waals surface area (Å²) < 4.78 is 0. The van der Waals surface area contributed by atoms with Gasteiger partial charge >= 0.3 is 0 Å². The first-order valence-electron chi connectivity index (χ1n) is 4.97. The van der Waals surface area contributed by atoms with Crippen LogP contribution < -0.4 is 5.73 Å². The van der Waals surface area contributed by atoms with Gasteiger partial charge in [0.2, 0.25) is 0 Å². The number of nitrogens with two attached hydrogens (primary N) is 1. The summed E-state index contributed by atoms with van der Waals surface area (Å²) in [6.07, 6.45) is 0. The molecule has 16 heavy (non-hydrogen) atoms. The summed E-state index contributed by atoms with van der Waals surface area (Å²) in [6.45, 7) is 0. The monoisotopic (exact) mass is 249 g/mol. The molecule has 0 fully saturated rings. The molecule has 0 atom stereocenters. The third kappa shape index (κ3) is 3.19. The Morgan fingerprint density at radius 2 is 1.56 bits per heavy atom. The minimum Gasteiger partial charge on any atom is -0.399 e. The molecule has 0 aliphatic carbocycles. The second-order valence-electron chi connectivity index (χ2n) is 3.48. The van der Waals surface area contributed by atoms with Crippen LogP contribution in [0.25, 0.3) is 0 Å². The molecule has 82 valence electrons. The van der Waals surface area contributed by atoms with Crippen molar-refractivity contribution < 1.29 is 0 Å². The van der Waals surface area contributed by atoms with Crippen molar-refractivity contribution in [2.75, 3.05) is 5.73 Å². The summed E-state index contributed by atoms with van der Waals surface area (Å²) in [7, 11) is 0.